The van der Waals surface area contributed by atoms with E-state index in [-0.39, 0.29) is 24.8 Å². The molecule has 1 fully saturated rings. The number of hydrogen-bond acceptors (Lipinski definition) is 5. The molecule has 1 saturated heterocycles. The van der Waals surface area contributed by atoms with Gasteiger partial charge in [-0.2, -0.15) is 0 Å². The van der Waals surface area contributed by atoms with Crippen molar-refractivity contribution in [2.45, 2.75) is 59.2 Å². The van der Waals surface area contributed by atoms with Crippen molar-refractivity contribution < 1.29 is 19.2 Å². The predicted molar refractivity (Wildman–Crippen MR) is 177 cm³/mol. The number of nitrogens with zero attached hydrogens (tertiary/aromatic N) is 3. The Bertz CT molecular complexity index is 1920. The number of benzene rings is 4. The molecule has 1 aromatic heterocycles. The van der Waals surface area contributed by atoms with Crippen LogP contribution in [0, 0.1) is 0 Å². The minimum absolute atomic E-state index is 0.171. The first-order valence-electron chi connectivity index (χ1n) is 15.2. The van der Waals surface area contributed by atoms with Crippen LogP contribution in [0.25, 0.3) is 32.6 Å². The van der Waals surface area contributed by atoms with Gasteiger partial charge in [-0.3, -0.25) is 9.59 Å². The first-order valence-corrected chi connectivity index (χ1v) is 15.2. The molecular weight excluding hydrogens is 552 g/mol. The molecule has 0 saturated carbocycles. The van der Waals surface area contributed by atoms with Gasteiger partial charge in [0.25, 0.3) is 5.91 Å². The van der Waals surface area contributed by atoms with Gasteiger partial charge in [-0.25, -0.2) is 0 Å². The Morgan fingerprint density at radius 3 is 2.39 bits per heavy atom. The fourth-order valence-corrected chi connectivity index (χ4v) is 6.01. The summed E-state index contributed by atoms with van der Waals surface area (Å²) in [5.74, 6) is -0.0756. The van der Waals surface area contributed by atoms with E-state index in [0.29, 0.717) is 29.3 Å². The van der Waals surface area contributed by atoms with E-state index in [9.17, 15) is 9.59 Å². The van der Waals surface area contributed by atoms with E-state index >= 15 is 0 Å². The summed E-state index contributed by atoms with van der Waals surface area (Å²) in [4.78, 5) is 35.7. The smallest absolute Gasteiger partial charge is 0.259 e. The van der Waals surface area contributed by atoms with Crippen molar-refractivity contribution in [2.75, 3.05) is 18.5 Å². The first-order chi connectivity index (χ1) is 21.2. The van der Waals surface area contributed by atoms with Crippen molar-refractivity contribution in [1.29, 1.82) is 0 Å². The van der Waals surface area contributed by atoms with Gasteiger partial charge in [-0.05, 0) is 75.7 Å². The number of anilines is 1. The van der Waals surface area contributed by atoms with Gasteiger partial charge in [0.15, 0.2) is 0 Å². The molecule has 8 nitrogen and oxygen atoms in total. The molecule has 8 heteroatoms. The molecule has 1 N–H and O–H groups in total. The van der Waals surface area contributed by atoms with E-state index in [1.165, 1.54) is 0 Å². The number of hydrogen-bond donors (Lipinski definition) is 1. The van der Waals surface area contributed by atoms with E-state index in [1.54, 1.807) is 4.90 Å². The normalized spacial score (nSPS) is 16.2. The summed E-state index contributed by atoms with van der Waals surface area (Å²) in [5, 5.41) is 11.4. The van der Waals surface area contributed by atoms with Gasteiger partial charge in [0, 0.05) is 40.5 Å². The first kappa shape index (κ1) is 29.2. The zero-order valence-electron chi connectivity index (χ0n) is 25.9. The Hall–Kier alpha value is -4.85. The Labute approximate surface area is 257 Å². The van der Waals surface area contributed by atoms with Gasteiger partial charge >= 0.3 is 0 Å². The Kier molecular flexibility index (Phi) is 7.76. The third-order valence-electron chi connectivity index (χ3n) is 7.93. The quantitative estimate of drug-likeness (QED) is 0.200. The minimum Gasteiger partial charge on any atom is -0.493 e. The second kappa shape index (κ2) is 11.7. The molecule has 2 heterocycles. The monoisotopic (exact) mass is 590 g/mol. The molecule has 0 spiro atoms. The van der Waals surface area contributed by atoms with Crippen molar-refractivity contribution in [3.63, 3.8) is 0 Å². The van der Waals surface area contributed by atoms with Crippen LogP contribution in [0.2, 0.25) is 0 Å². The highest BCUT2D eigenvalue weighted by Gasteiger charge is 2.40. The van der Waals surface area contributed by atoms with E-state index in [1.807, 2.05) is 94.4 Å². The zero-order chi connectivity index (χ0) is 31.0. The van der Waals surface area contributed by atoms with E-state index < -0.39 is 11.6 Å². The van der Waals surface area contributed by atoms with Gasteiger partial charge in [-0.15, -0.1) is 0 Å². The van der Waals surface area contributed by atoms with Gasteiger partial charge in [0.2, 0.25) is 5.91 Å². The number of aromatic nitrogens is 1. The summed E-state index contributed by atoms with van der Waals surface area (Å²) in [6.07, 6.45) is 0.264. The van der Waals surface area contributed by atoms with Crippen molar-refractivity contribution in [3.05, 3.63) is 84.4 Å². The second-order valence-corrected chi connectivity index (χ2v) is 12.1. The van der Waals surface area contributed by atoms with E-state index in [4.69, 9.17) is 9.57 Å². The molecule has 226 valence electrons. The van der Waals surface area contributed by atoms with Gasteiger partial charge < -0.3 is 24.4 Å². The molecule has 4 aromatic carbocycles. The maximum atomic E-state index is 14.4. The fraction of sp³-hybridized carbons (Fsp3) is 0.306. The van der Waals surface area contributed by atoms with Crippen LogP contribution >= 0.6 is 0 Å². The van der Waals surface area contributed by atoms with Crippen molar-refractivity contribution in [2.24, 2.45) is 5.16 Å². The number of fused-ring (bicyclic) bond motifs is 4. The number of likely N-dealkylation sites (tertiary alicyclic amines) is 1. The average Bonchev–Trinajstić information content (AvgIpc) is 3.59. The number of amides is 2. The summed E-state index contributed by atoms with van der Waals surface area (Å²) in [6, 6.07) is 25.0. The largest absolute Gasteiger partial charge is 0.493 e. The minimum atomic E-state index is -0.786. The van der Waals surface area contributed by atoms with E-state index in [2.05, 4.69) is 34.1 Å². The van der Waals surface area contributed by atoms with Crippen LogP contribution in [0.5, 0.6) is 5.75 Å². The van der Waals surface area contributed by atoms with Crippen LogP contribution in [0.15, 0.2) is 84.0 Å². The van der Waals surface area contributed by atoms with E-state index in [0.717, 1.165) is 39.1 Å². The highest BCUT2D eigenvalue weighted by molar-refractivity contribution is 6.15. The van der Waals surface area contributed by atoms with Crippen LogP contribution in [0.1, 0.15) is 51.4 Å². The molecule has 1 aliphatic rings. The summed E-state index contributed by atoms with van der Waals surface area (Å²) in [5.41, 5.74) is 3.50. The van der Waals surface area contributed by atoms with Crippen molar-refractivity contribution in [3.8, 4) is 5.75 Å². The molecule has 0 radical (unpaired) electrons. The molecule has 6 rings (SSSR count). The number of para-hydroxylation sites is 1. The average molecular weight is 591 g/mol. The second-order valence-electron chi connectivity index (χ2n) is 12.1. The number of carbonyl (C=O) groups is 2. The van der Waals surface area contributed by atoms with Gasteiger partial charge in [0.1, 0.15) is 17.4 Å². The highest BCUT2D eigenvalue weighted by atomic mass is 16.6. The number of rotatable bonds is 7. The number of nitrogens with one attached hydrogen (secondary N) is 1. The van der Waals surface area contributed by atoms with Crippen LogP contribution in [0.3, 0.4) is 0 Å². The molecular formula is C36H38N4O4. The molecule has 2 amide bonds. The van der Waals surface area contributed by atoms with Crippen LogP contribution in [-0.4, -0.2) is 51.8 Å². The van der Waals surface area contributed by atoms with Crippen molar-refractivity contribution >= 4 is 55.8 Å². The van der Waals surface area contributed by atoms with Crippen LogP contribution < -0.4 is 10.1 Å². The lowest BCUT2D eigenvalue weighted by Crippen LogP contribution is -2.43. The number of aryl methyl sites for hydroxylation is 1. The molecule has 1 aliphatic heterocycles. The molecule has 5 aromatic rings. The van der Waals surface area contributed by atoms with Gasteiger partial charge in [0.05, 0.1) is 24.4 Å². The molecule has 0 bridgehead atoms. The fourth-order valence-electron chi connectivity index (χ4n) is 6.01. The van der Waals surface area contributed by atoms with Gasteiger partial charge in [-0.1, -0.05) is 53.7 Å². The molecule has 0 aliphatic carbocycles. The number of carbonyl (C=O) groups excluding carboxylic acids is 2. The topological polar surface area (TPSA) is 85.2 Å². The molecule has 1 atom stereocenters. The van der Waals surface area contributed by atoms with Crippen molar-refractivity contribution in [1.82, 2.24) is 9.47 Å². The lowest BCUT2D eigenvalue weighted by molar-refractivity contribution is -0.119. The Balaban J connectivity index is 1.37. The number of oxime groups is 1. The summed E-state index contributed by atoms with van der Waals surface area (Å²) < 4.78 is 8.19. The van der Waals surface area contributed by atoms with Crippen LogP contribution in [0.4, 0.5) is 5.69 Å². The lowest BCUT2D eigenvalue weighted by atomic mass is 10.0. The Morgan fingerprint density at radius 1 is 0.909 bits per heavy atom. The summed E-state index contributed by atoms with van der Waals surface area (Å²) in [6.45, 7) is 11.2. The standard InChI is InChI=1S/C36H38N4O4/c1-6-39-29-15-11-10-14-27(29)28-20-24(17-18-30(28)39)37-34(41)31-21-25(38-44-36(3,4)5)22-40(31)35(42)33-26-13-9-8-12-23(26)16-19-32(33)43-7-2/h8-20,31H,6-7,21-22H2,1-5H3,(H,37,41)/b38-25+/t31-/m0/s1. The molecule has 0 unspecified atom stereocenters. The Morgan fingerprint density at radius 2 is 1.64 bits per heavy atom. The summed E-state index contributed by atoms with van der Waals surface area (Å²) >= 11 is 0. The maximum absolute atomic E-state index is 14.4. The van der Waals surface area contributed by atoms with Crippen LogP contribution in [-0.2, 0) is 16.2 Å². The zero-order valence-corrected chi connectivity index (χ0v) is 25.9. The summed E-state index contributed by atoms with van der Waals surface area (Å²) in [7, 11) is 0. The lowest BCUT2D eigenvalue weighted by Gasteiger charge is -2.25. The molecule has 44 heavy (non-hydrogen) atoms. The maximum Gasteiger partial charge on any atom is 0.259 e. The third-order valence-corrected chi connectivity index (χ3v) is 7.93. The SMILES string of the molecule is CCOc1ccc2ccccc2c1C(=O)N1C/C(=N/OC(C)(C)C)C[C@H]1C(=O)Nc1ccc2c(c1)c1ccccc1n2CC. The predicted octanol–water partition coefficient (Wildman–Crippen LogP) is 7.39. The third kappa shape index (κ3) is 5.48. The number of ether oxygens (including phenoxy) is 1. The highest BCUT2D eigenvalue weighted by Crippen LogP contribution is 2.34.